The van der Waals surface area contributed by atoms with E-state index in [0.717, 1.165) is 36.4 Å². The average Bonchev–Trinajstić information content (AvgIpc) is 2.30. The minimum Gasteiger partial charge on any atom is -0.342 e. The largest absolute Gasteiger partial charge is 0.342 e. The van der Waals surface area contributed by atoms with E-state index in [1.54, 1.807) is 6.08 Å². The van der Waals surface area contributed by atoms with Gasteiger partial charge >= 0.3 is 0 Å². The molecule has 0 bridgehead atoms. The van der Waals surface area contributed by atoms with Crippen LogP contribution in [0.1, 0.15) is 12.8 Å². The summed E-state index contributed by atoms with van der Waals surface area (Å²) < 4.78 is 0. The van der Waals surface area contributed by atoms with Gasteiger partial charge in [-0.25, -0.2) is 0 Å². The minimum absolute atomic E-state index is 0.784. The number of allylic oxidation sites excluding steroid dienone is 5. The highest BCUT2D eigenvalue weighted by Crippen LogP contribution is 2.24. The van der Waals surface area contributed by atoms with Crippen LogP contribution in [0, 0.1) is 0 Å². The number of hydrogen-bond donors (Lipinski definition) is 0. The van der Waals surface area contributed by atoms with Crippen molar-refractivity contribution in [1.82, 2.24) is 4.90 Å². The normalized spacial score (nSPS) is 16.8. The first-order valence-electron chi connectivity index (χ1n) is 5.45. The fourth-order valence-electron chi connectivity index (χ4n) is 1.73. The number of hydrogen-bond acceptors (Lipinski definition) is 1. The van der Waals surface area contributed by atoms with Gasteiger partial charge in [-0.2, -0.15) is 0 Å². The van der Waals surface area contributed by atoms with Crippen molar-refractivity contribution in [3.63, 3.8) is 0 Å². The van der Waals surface area contributed by atoms with E-state index < -0.39 is 0 Å². The Morgan fingerprint density at radius 2 is 2.12 bits per heavy atom. The molecule has 0 aromatic rings. The summed E-state index contributed by atoms with van der Waals surface area (Å²) in [5, 5.41) is 0. The summed E-state index contributed by atoms with van der Waals surface area (Å²) in [7, 11) is 0. The molecule has 0 aromatic carbocycles. The fraction of sp³-hybridized carbons (Fsp3) is 0.200. The van der Waals surface area contributed by atoms with E-state index in [4.69, 9.17) is 0 Å². The Balaban J connectivity index is 2.88. The maximum atomic E-state index is 4.09. The molecular weight excluding hydrogens is 194 g/mol. The van der Waals surface area contributed by atoms with Crippen LogP contribution in [-0.4, -0.2) is 11.4 Å². The third-order valence-corrected chi connectivity index (χ3v) is 2.62. The van der Waals surface area contributed by atoms with Gasteiger partial charge in [-0.15, -0.1) is 0 Å². The molecule has 0 unspecified atom stereocenters. The molecule has 0 saturated heterocycles. The van der Waals surface area contributed by atoms with Crippen LogP contribution in [-0.2, 0) is 0 Å². The van der Waals surface area contributed by atoms with Crippen molar-refractivity contribution >= 4 is 0 Å². The quantitative estimate of drug-likeness (QED) is 0.625. The fourth-order valence-corrected chi connectivity index (χ4v) is 1.73. The number of rotatable bonds is 5. The summed E-state index contributed by atoms with van der Waals surface area (Å²) in [4.78, 5) is 2.17. The van der Waals surface area contributed by atoms with Crippen LogP contribution < -0.4 is 0 Å². The van der Waals surface area contributed by atoms with E-state index in [9.17, 15) is 0 Å². The molecular formula is C15H19N. The summed E-state index contributed by atoms with van der Waals surface area (Å²) in [5.74, 6) is 0. The van der Waals surface area contributed by atoms with E-state index in [2.05, 4.69) is 37.3 Å². The molecule has 0 aliphatic carbocycles. The molecule has 16 heavy (non-hydrogen) atoms. The Morgan fingerprint density at radius 3 is 2.69 bits per heavy atom. The molecule has 84 valence electrons. The molecule has 0 spiro atoms. The van der Waals surface area contributed by atoms with E-state index in [-0.39, 0.29) is 0 Å². The lowest BCUT2D eigenvalue weighted by molar-refractivity contribution is 0.442. The Morgan fingerprint density at radius 1 is 1.38 bits per heavy atom. The third-order valence-electron chi connectivity index (χ3n) is 2.62. The van der Waals surface area contributed by atoms with Crippen molar-refractivity contribution in [2.24, 2.45) is 0 Å². The molecule has 1 aliphatic heterocycles. The maximum absolute atomic E-state index is 4.09. The molecule has 1 heterocycles. The van der Waals surface area contributed by atoms with Crippen molar-refractivity contribution < 1.29 is 0 Å². The lowest BCUT2D eigenvalue weighted by Gasteiger charge is -2.31. The summed E-state index contributed by atoms with van der Waals surface area (Å²) in [6, 6.07) is 0. The molecule has 0 radical (unpaired) electrons. The van der Waals surface area contributed by atoms with E-state index in [1.165, 1.54) is 0 Å². The van der Waals surface area contributed by atoms with Crippen molar-refractivity contribution in [3.8, 4) is 0 Å². The van der Waals surface area contributed by atoms with Gasteiger partial charge in [0.15, 0.2) is 0 Å². The zero-order valence-electron chi connectivity index (χ0n) is 9.78. The molecule has 1 aliphatic rings. The minimum atomic E-state index is 0.784. The van der Waals surface area contributed by atoms with Crippen LogP contribution in [0.2, 0.25) is 0 Å². The first-order chi connectivity index (χ1) is 7.72. The topological polar surface area (TPSA) is 3.24 Å². The van der Waals surface area contributed by atoms with Crippen LogP contribution in [0.5, 0.6) is 0 Å². The predicted molar refractivity (Wildman–Crippen MR) is 71.8 cm³/mol. The van der Waals surface area contributed by atoms with Gasteiger partial charge in [-0.1, -0.05) is 50.6 Å². The van der Waals surface area contributed by atoms with Gasteiger partial charge in [0, 0.05) is 17.9 Å². The zero-order valence-corrected chi connectivity index (χ0v) is 9.78. The van der Waals surface area contributed by atoms with Crippen molar-refractivity contribution in [1.29, 1.82) is 0 Å². The second-order valence-electron chi connectivity index (χ2n) is 3.71. The summed E-state index contributed by atoms with van der Waals surface area (Å²) >= 11 is 0. The molecule has 0 fully saturated rings. The summed E-state index contributed by atoms with van der Waals surface area (Å²) in [6.07, 6.45) is 11.7. The molecule has 1 heteroatoms. The van der Waals surface area contributed by atoms with Crippen molar-refractivity contribution in [2.75, 3.05) is 6.54 Å². The predicted octanol–water partition coefficient (Wildman–Crippen LogP) is 3.96. The summed E-state index contributed by atoms with van der Waals surface area (Å²) in [6.45, 7) is 16.2. The van der Waals surface area contributed by atoms with Gasteiger partial charge in [-0.3, -0.25) is 0 Å². The van der Waals surface area contributed by atoms with E-state index >= 15 is 0 Å². The molecule has 0 aromatic heterocycles. The van der Waals surface area contributed by atoms with Crippen LogP contribution in [0.25, 0.3) is 0 Å². The van der Waals surface area contributed by atoms with Gasteiger partial charge < -0.3 is 4.90 Å². The highest BCUT2D eigenvalue weighted by Gasteiger charge is 2.14. The first-order valence-corrected chi connectivity index (χ1v) is 5.45. The van der Waals surface area contributed by atoms with E-state index in [1.807, 2.05) is 18.2 Å². The lowest BCUT2D eigenvalue weighted by atomic mass is 10.1. The van der Waals surface area contributed by atoms with Crippen LogP contribution in [0.3, 0.4) is 0 Å². The number of nitrogens with zero attached hydrogens (tertiary/aromatic N) is 1. The lowest BCUT2D eigenvalue weighted by Crippen LogP contribution is -2.25. The Hall–Kier alpha value is -1.76. The average molecular weight is 213 g/mol. The van der Waals surface area contributed by atoms with Crippen LogP contribution >= 0.6 is 0 Å². The van der Waals surface area contributed by atoms with E-state index in [0.29, 0.717) is 0 Å². The van der Waals surface area contributed by atoms with Gasteiger partial charge in [0.25, 0.3) is 0 Å². The molecule has 1 nitrogen and oxygen atoms in total. The maximum Gasteiger partial charge on any atom is 0.0478 e. The van der Waals surface area contributed by atoms with Crippen molar-refractivity contribution in [2.45, 2.75) is 12.8 Å². The second-order valence-corrected chi connectivity index (χ2v) is 3.71. The molecule has 1 rings (SSSR count). The highest BCUT2D eigenvalue weighted by atomic mass is 15.1. The standard InChI is InChI=1S/C15H19N/c1-5-9-14(6-2)12-16-13(4)10-8-11-15(16)7-3/h5-7,9,11H,1-4,8,10,12H2/b14-9+. The van der Waals surface area contributed by atoms with Gasteiger partial charge in [0.05, 0.1) is 0 Å². The molecule has 0 saturated carbocycles. The van der Waals surface area contributed by atoms with Gasteiger partial charge in [0.1, 0.15) is 0 Å². The zero-order chi connectivity index (χ0) is 12.0. The van der Waals surface area contributed by atoms with Crippen molar-refractivity contribution in [3.05, 3.63) is 73.7 Å². The van der Waals surface area contributed by atoms with Crippen LogP contribution in [0.4, 0.5) is 0 Å². The van der Waals surface area contributed by atoms with Crippen LogP contribution in [0.15, 0.2) is 73.7 Å². The Kier molecular flexibility index (Phi) is 4.59. The monoisotopic (exact) mass is 213 g/mol. The van der Waals surface area contributed by atoms with Gasteiger partial charge in [-0.05, 0) is 24.5 Å². The second kappa shape index (κ2) is 5.96. The SMILES string of the molecule is C=C/C=C(\C=C)CN1C(=C)CCC=C1C=C. The third kappa shape index (κ3) is 2.86. The summed E-state index contributed by atoms with van der Waals surface area (Å²) in [5.41, 5.74) is 3.40. The van der Waals surface area contributed by atoms with Gasteiger partial charge in [0.2, 0.25) is 0 Å². The first kappa shape index (κ1) is 12.3. The Bertz CT molecular complexity index is 369. The molecule has 0 amide bonds. The smallest absolute Gasteiger partial charge is 0.0478 e. The highest BCUT2D eigenvalue weighted by molar-refractivity contribution is 5.30. The Labute approximate surface area is 98.5 Å². The molecule has 0 N–H and O–H groups in total. The molecule has 0 atom stereocenters.